The molecule has 0 saturated carbocycles. The second-order valence-corrected chi connectivity index (χ2v) is 7.40. The standard InChI is InChI=1S/C23H29ClN2O3/c1-4-13-25-23(28)18(3)26(14-12-19-8-6-5-7-9-19)22(27)16-29-20-10-11-21(24)17(2)15-20/h5-11,15,18H,4,12-14,16H2,1-3H3,(H,25,28)/t18-/m1/s1. The summed E-state index contributed by atoms with van der Waals surface area (Å²) in [7, 11) is 0. The van der Waals surface area contributed by atoms with Crippen molar-refractivity contribution < 1.29 is 14.3 Å². The molecule has 5 nitrogen and oxygen atoms in total. The van der Waals surface area contributed by atoms with Crippen LogP contribution in [0.15, 0.2) is 48.5 Å². The molecule has 2 aromatic carbocycles. The summed E-state index contributed by atoms with van der Waals surface area (Å²) >= 11 is 6.04. The highest BCUT2D eigenvalue weighted by Crippen LogP contribution is 2.21. The highest BCUT2D eigenvalue weighted by atomic mass is 35.5. The van der Waals surface area contributed by atoms with Crippen LogP contribution < -0.4 is 10.1 Å². The van der Waals surface area contributed by atoms with Crippen LogP contribution in [0.5, 0.6) is 5.75 Å². The molecule has 1 atom stereocenters. The van der Waals surface area contributed by atoms with Gasteiger partial charge < -0.3 is 15.0 Å². The molecule has 0 saturated heterocycles. The molecule has 2 amide bonds. The van der Waals surface area contributed by atoms with E-state index in [1.165, 1.54) is 0 Å². The number of hydrogen-bond donors (Lipinski definition) is 1. The third kappa shape index (κ3) is 7.09. The lowest BCUT2D eigenvalue weighted by molar-refractivity contribution is -0.141. The summed E-state index contributed by atoms with van der Waals surface area (Å²) in [6.07, 6.45) is 1.51. The number of carbonyl (C=O) groups excluding carboxylic acids is 2. The van der Waals surface area contributed by atoms with E-state index in [2.05, 4.69) is 5.32 Å². The van der Waals surface area contributed by atoms with E-state index in [9.17, 15) is 9.59 Å². The molecule has 0 aromatic heterocycles. The second kappa shape index (κ2) is 11.5. The molecule has 0 bridgehead atoms. The van der Waals surface area contributed by atoms with Gasteiger partial charge in [-0.2, -0.15) is 0 Å². The molecule has 0 heterocycles. The van der Waals surface area contributed by atoms with E-state index in [4.69, 9.17) is 16.3 Å². The Morgan fingerprint density at radius 1 is 1.17 bits per heavy atom. The molecule has 156 valence electrons. The Labute approximate surface area is 178 Å². The zero-order chi connectivity index (χ0) is 21.2. The molecule has 0 fully saturated rings. The molecule has 0 aliphatic rings. The summed E-state index contributed by atoms with van der Waals surface area (Å²) in [4.78, 5) is 26.9. The summed E-state index contributed by atoms with van der Waals surface area (Å²) in [5.41, 5.74) is 1.99. The fourth-order valence-electron chi connectivity index (χ4n) is 2.90. The van der Waals surface area contributed by atoms with Gasteiger partial charge >= 0.3 is 0 Å². The van der Waals surface area contributed by atoms with Crippen molar-refractivity contribution in [2.75, 3.05) is 19.7 Å². The first kappa shape index (κ1) is 22.8. The van der Waals surface area contributed by atoms with Gasteiger partial charge in [-0.1, -0.05) is 48.9 Å². The van der Waals surface area contributed by atoms with Crippen molar-refractivity contribution in [2.45, 2.75) is 39.7 Å². The van der Waals surface area contributed by atoms with Crippen LogP contribution in [0, 0.1) is 6.92 Å². The van der Waals surface area contributed by atoms with Crippen LogP contribution in [0.2, 0.25) is 5.02 Å². The molecule has 0 unspecified atom stereocenters. The number of amides is 2. The van der Waals surface area contributed by atoms with E-state index in [0.29, 0.717) is 30.3 Å². The maximum Gasteiger partial charge on any atom is 0.261 e. The molecule has 0 radical (unpaired) electrons. The first-order chi connectivity index (χ1) is 13.9. The first-order valence-electron chi connectivity index (χ1n) is 9.92. The van der Waals surface area contributed by atoms with Crippen molar-refractivity contribution in [1.29, 1.82) is 0 Å². The molecule has 2 aromatic rings. The van der Waals surface area contributed by atoms with Crippen molar-refractivity contribution >= 4 is 23.4 Å². The Bertz CT molecular complexity index is 811. The zero-order valence-corrected chi connectivity index (χ0v) is 18.0. The largest absolute Gasteiger partial charge is 0.484 e. The number of carbonyl (C=O) groups is 2. The van der Waals surface area contributed by atoms with Crippen LogP contribution in [0.3, 0.4) is 0 Å². The second-order valence-electron chi connectivity index (χ2n) is 6.99. The topological polar surface area (TPSA) is 58.6 Å². The van der Waals surface area contributed by atoms with Crippen LogP contribution in [0.25, 0.3) is 0 Å². The van der Waals surface area contributed by atoms with Crippen molar-refractivity contribution in [3.8, 4) is 5.75 Å². The molecule has 0 aliphatic heterocycles. The van der Waals surface area contributed by atoms with E-state index in [0.717, 1.165) is 17.5 Å². The molecule has 2 rings (SSSR count). The van der Waals surface area contributed by atoms with Gasteiger partial charge in [0.15, 0.2) is 6.61 Å². The monoisotopic (exact) mass is 416 g/mol. The molecule has 6 heteroatoms. The molecule has 29 heavy (non-hydrogen) atoms. The van der Waals surface area contributed by atoms with Crippen molar-refractivity contribution in [3.05, 3.63) is 64.7 Å². The zero-order valence-electron chi connectivity index (χ0n) is 17.3. The number of nitrogens with one attached hydrogen (secondary N) is 1. The summed E-state index contributed by atoms with van der Waals surface area (Å²) in [6.45, 7) is 6.51. The van der Waals surface area contributed by atoms with Gasteiger partial charge in [-0.3, -0.25) is 9.59 Å². The summed E-state index contributed by atoms with van der Waals surface area (Å²) in [5, 5.41) is 3.51. The van der Waals surface area contributed by atoms with Crippen LogP contribution in [-0.2, 0) is 16.0 Å². The lowest BCUT2D eigenvalue weighted by Gasteiger charge is -2.28. The van der Waals surface area contributed by atoms with Crippen molar-refractivity contribution in [2.24, 2.45) is 0 Å². The Kier molecular flexibility index (Phi) is 9.00. The van der Waals surface area contributed by atoms with Gasteiger partial charge in [0, 0.05) is 18.1 Å². The number of hydrogen-bond acceptors (Lipinski definition) is 3. The fraction of sp³-hybridized carbons (Fsp3) is 0.391. The number of nitrogens with zero attached hydrogens (tertiary/aromatic N) is 1. The van der Waals surface area contributed by atoms with Crippen LogP contribution in [-0.4, -0.2) is 42.5 Å². The lowest BCUT2D eigenvalue weighted by Crippen LogP contribution is -2.50. The smallest absolute Gasteiger partial charge is 0.261 e. The molecular formula is C23H29ClN2O3. The van der Waals surface area contributed by atoms with Gasteiger partial charge in [-0.25, -0.2) is 0 Å². The maximum absolute atomic E-state index is 12.9. The van der Waals surface area contributed by atoms with Crippen LogP contribution in [0.4, 0.5) is 0 Å². The fourth-order valence-corrected chi connectivity index (χ4v) is 3.02. The Morgan fingerprint density at radius 3 is 2.55 bits per heavy atom. The number of benzene rings is 2. The van der Waals surface area contributed by atoms with E-state index < -0.39 is 6.04 Å². The Morgan fingerprint density at radius 2 is 1.90 bits per heavy atom. The number of halogens is 1. The SMILES string of the molecule is CCCNC(=O)[C@@H](C)N(CCc1ccccc1)C(=O)COc1ccc(Cl)c(C)c1. The lowest BCUT2D eigenvalue weighted by atomic mass is 10.1. The molecule has 0 aliphatic carbocycles. The van der Waals surface area contributed by atoms with Gasteiger partial charge in [-0.15, -0.1) is 0 Å². The predicted molar refractivity (Wildman–Crippen MR) is 116 cm³/mol. The minimum atomic E-state index is -0.576. The highest BCUT2D eigenvalue weighted by molar-refractivity contribution is 6.31. The van der Waals surface area contributed by atoms with E-state index in [1.807, 2.05) is 44.2 Å². The minimum absolute atomic E-state index is 0.138. The average molecular weight is 417 g/mol. The van der Waals surface area contributed by atoms with Gasteiger partial charge in [0.05, 0.1) is 0 Å². The molecule has 1 N–H and O–H groups in total. The third-order valence-corrected chi connectivity index (χ3v) is 5.12. The maximum atomic E-state index is 12.9. The molecular weight excluding hydrogens is 388 g/mol. The van der Waals surface area contributed by atoms with E-state index in [-0.39, 0.29) is 18.4 Å². The van der Waals surface area contributed by atoms with Gasteiger partial charge in [-0.05, 0) is 56.0 Å². The predicted octanol–water partition coefficient (Wildman–Crippen LogP) is 4.01. The quantitative estimate of drug-likeness (QED) is 0.636. The minimum Gasteiger partial charge on any atom is -0.484 e. The van der Waals surface area contributed by atoms with E-state index >= 15 is 0 Å². The summed E-state index contributed by atoms with van der Waals surface area (Å²) in [5.74, 6) is 0.189. The number of aryl methyl sites for hydroxylation is 1. The Hall–Kier alpha value is -2.53. The van der Waals surface area contributed by atoms with E-state index in [1.54, 1.807) is 30.0 Å². The van der Waals surface area contributed by atoms with Crippen LogP contribution in [0.1, 0.15) is 31.4 Å². The average Bonchev–Trinajstić information content (AvgIpc) is 2.73. The van der Waals surface area contributed by atoms with Gasteiger partial charge in [0.1, 0.15) is 11.8 Å². The Balaban J connectivity index is 2.05. The number of ether oxygens (including phenoxy) is 1. The van der Waals surface area contributed by atoms with Crippen molar-refractivity contribution in [1.82, 2.24) is 10.2 Å². The first-order valence-corrected chi connectivity index (χ1v) is 10.3. The van der Waals surface area contributed by atoms with Gasteiger partial charge in [0.25, 0.3) is 5.91 Å². The highest BCUT2D eigenvalue weighted by Gasteiger charge is 2.25. The summed E-state index contributed by atoms with van der Waals surface area (Å²) < 4.78 is 5.67. The normalized spacial score (nSPS) is 11.6. The van der Waals surface area contributed by atoms with Crippen molar-refractivity contribution in [3.63, 3.8) is 0 Å². The number of rotatable bonds is 10. The molecule has 0 spiro atoms. The summed E-state index contributed by atoms with van der Waals surface area (Å²) in [6, 6.07) is 14.6. The van der Waals surface area contributed by atoms with Crippen LogP contribution >= 0.6 is 11.6 Å². The van der Waals surface area contributed by atoms with Gasteiger partial charge in [0.2, 0.25) is 5.91 Å². The third-order valence-electron chi connectivity index (χ3n) is 4.69.